The van der Waals surface area contributed by atoms with E-state index in [2.05, 4.69) is 10.2 Å². The van der Waals surface area contributed by atoms with Crippen molar-refractivity contribution >= 4 is 17.7 Å². The molecule has 6 heteroatoms. The van der Waals surface area contributed by atoms with Gasteiger partial charge in [-0.25, -0.2) is 4.39 Å². The van der Waals surface area contributed by atoms with E-state index in [-0.39, 0.29) is 11.7 Å². The Balaban J connectivity index is 1.37. The lowest BCUT2D eigenvalue weighted by Crippen LogP contribution is -2.32. The number of amides is 1. The van der Waals surface area contributed by atoms with E-state index >= 15 is 0 Å². The molecule has 27 heavy (non-hydrogen) atoms. The number of benzene rings is 2. The van der Waals surface area contributed by atoms with E-state index in [1.807, 2.05) is 36.4 Å². The predicted molar refractivity (Wildman–Crippen MR) is 107 cm³/mol. The highest BCUT2D eigenvalue weighted by molar-refractivity contribution is 8.00. The van der Waals surface area contributed by atoms with Gasteiger partial charge in [0.05, 0.1) is 12.9 Å². The molecule has 0 aliphatic carbocycles. The lowest BCUT2D eigenvalue weighted by Gasteiger charge is -2.16. The van der Waals surface area contributed by atoms with Crippen molar-refractivity contribution in [1.29, 1.82) is 0 Å². The molecule has 1 unspecified atom stereocenters. The minimum Gasteiger partial charge on any atom is -0.497 e. The predicted octanol–water partition coefficient (Wildman–Crippen LogP) is 3.56. The van der Waals surface area contributed by atoms with E-state index < -0.39 is 0 Å². The van der Waals surface area contributed by atoms with Gasteiger partial charge >= 0.3 is 0 Å². The van der Waals surface area contributed by atoms with Crippen LogP contribution in [-0.2, 0) is 11.3 Å². The molecule has 1 aliphatic rings. The van der Waals surface area contributed by atoms with Gasteiger partial charge in [-0.05, 0) is 43.1 Å². The van der Waals surface area contributed by atoms with Gasteiger partial charge in [0.1, 0.15) is 11.6 Å². The van der Waals surface area contributed by atoms with Gasteiger partial charge in [-0.15, -0.1) is 11.8 Å². The van der Waals surface area contributed by atoms with Crippen LogP contribution in [0.25, 0.3) is 0 Å². The summed E-state index contributed by atoms with van der Waals surface area (Å²) in [5, 5.41) is 3.03. The molecular weight excluding hydrogens is 363 g/mol. The van der Waals surface area contributed by atoms with Crippen LogP contribution in [-0.4, -0.2) is 43.3 Å². The van der Waals surface area contributed by atoms with Crippen LogP contribution in [0.15, 0.2) is 53.4 Å². The Morgan fingerprint density at radius 1 is 1.30 bits per heavy atom. The highest BCUT2D eigenvalue weighted by Crippen LogP contribution is 2.23. The first-order valence-corrected chi connectivity index (χ1v) is 10.1. The summed E-state index contributed by atoms with van der Waals surface area (Å²) in [7, 11) is 1.63. The number of halogens is 1. The summed E-state index contributed by atoms with van der Waals surface area (Å²) in [6.45, 7) is 3.12. The van der Waals surface area contributed by atoms with Crippen molar-refractivity contribution in [2.24, 2.45) is 5.92 Å². The molecule has 0 aromatic heterocycles. The number of likely N-dealkylation sites (tertiary alicyclic amines) is 1. The smallest absolute Gasteiger partial charge is 0.230 e. The monoisotopic (exact) mass is 388 g/mol. The molecule has 1 aliphatic heterocycles. The van der Waals surface area contributed by atoms with E-state index in [0.717, 1.165) is 35.7 Å². The zero-order chi connectivity index (χ0) is 19.1. The van der Waals surface area contributed by atoms with Gasteiger partial charge in [0.15, 0.2) is 0 Å². The maximum absolute atomic E-state index is 13.8. The fraction of sp³-hybridized carbons (Fsp3) is 0.381. The number of nitrogens with one attached hydrogen (secondary N) is 1. The van der Waals surface area contributed by atoms with Gasteiger partial charge in [-0.1, -0.05) is 24.3 Å². The minimum absolute atomic E-state index is 0.0374. The average Bonchev–Trinajstić information content (AvgIpc) is 3.14. The molecule has 4 nitrogen and oxygen atoms in total. The normalized spacial score (nSPS) is 17.0. The first-order valence-electron chi connectivity index (χ1n) is 9.13. The van der Waals surface area contributed by atoms with Crippen LogP contribution in [0.4, 0.5) is 4.39 Å². The highest BCUT2D eigenvalue weighted by Gasteiger charge is 2.23. The Morgan fingerprint density at radius 3 is 2.96 bits per heavy atom. The third kappa shape index (κ3) is 5.97. The van der Waals surface area contributed by atoms with Crippen LogP contribution < -0.4 is 10.1 Å². The Hall–Kier alpha value is -2.05. The second kappa shape index (κ2) is 9.76. The molecule has 0 saturated carbocycles. The first-order chi connectivity index (χ1) is 13.1. The molecule has 0 radical (unpaired) electrons. The number of carbonyl (C=O) groups is 1. The molecule has 1 saturated heterocycles. The van der Waals surface area contributed by atoms with Gasteiger partial charge in [-0.3, -0.25) is 9.69 Å². The molecule has 3 rings (SSSR count). The van der Waals surface area contributed by atoms with Crippen LogP contribution in [0.3, 0.4) is 0 Å². The van der Waals surface area contributed by atoms with E-state index in [4.69, 9.17) is 4.74 Å². The molecule has 1 heterocycles. The SMILES string of the molecule is COc1cccc(SCC(=O)NCC2CCN(Cc3ccccc3F)C2)c1. The summed E-state index contributed by atoms with van der Waals surface area (Å²) in [4.78, 5) is 15.4. The summed E-state index contributed by atoms with van der Waals surface area (Å²) in [5.41, 5.74) is 0.733. The van der Waals surface area contributed by atoms with Gasteiger partial charge in [0.2, 0.25) is 5.91 Å². The topological polar surface area (TPSA) is 41.6 Å². The minimum atomic E-state index is -0.149. The summed E-state index contributed by atoms with van der Waals surface area (Å²) < 4.78 is 19.0. The fourth-order valence-corrected chi connectivity index (χ4v) is 4.01. The Morgan fingerprint density at radius 2 is 2.15 bits per heavy atom. The average molecular weight is 389 g/mol. The quantitative estimate of drug-likeness (QED) is 0.702. The summed E-state index contributed by atoms with van der Waals surface area (Å²) >= 11 is 1.50. The lowest BCUT2D eigenvalue weighted by molar-refractivity contribution is -0.118. The van der Waals surface area contributed by atoms with Crippen LogP contribution in [0.2, 0.25) is 0 Å². The number of hydrogen-bond donors (Lipinski definition) is 1. The number of nitrogens with zero attached hydrogens (tertiary/aromatic N) is 1. The van der Waals surface area contributed by atoms with Crippen molar-refractivity contribution in [2.45, 2.75) is 17.9 Å². The third-order valence-corrected chi connectivity index (χ3v) is 5.71. The van der Waals surface area contributed by atoms with Crippen LogP contribution in [0.1, 0.15) is 12.0 Å². The van der Waals surface area contributed by atoms with Crippen molar-refractivity contribution in [2.75, 3.05) is 32.5 Å². The molecular formula is C21H25FN2O2S. The Kier molecular flexibility index (Phi) is 7.12. The summed E-state index contributed by atoms with van der Waals surface area (Å²) in [6.07, 6.45) is 1.03. The maximum Gasteiger partial charge on any atom is 0.230 e. The molecule has 1 fully saturated rings. The van der Waals surface area contributed by atoms with E-state index in [9.17, 15) is 9.18 Å². The molecule has 1 atom stereocenters. The van der Waals surface area contributed by atoms with E-state index in [1.165, 1.54) is 17.8 Å². The zero-order valence-corrected chi connectivity index (χ0v) is 16.3. The Labute approximate surface area is 164 Å². The van der Waals surface area contributed by atoms with E-state index in [1.54, 1.807) is 13.2 Å². The largest absolute Gasteiger partial charge is 0.497 e. The van der Waals surface area contributed by atoms with Crippen molar-refractivity contribution < 1.29 is 13.9 Å². The first kappa shape index (κ1) is 19.7. The molecule has 2 aromatic rings. The molecule has 0 bridgehead atoms. The standard InChI is InChI=1S/C21H25FN2O2S/c1-26-18-6-4-7-19(11-18)27-15-21(25)23-12-16-9-10-24(13-16)14-17-5-2-3-8-20(17)22/h2-8,11,16H,9-10,12-15H2,1H3,(H,23,25). The number of hydrogen-bond acceptors (Lipinski definition) is 4. The molecule has 1 N–H and O–H groups in total. The maximum atomic E-state index is 13.8. The van der Waals surface area contributed by atoms with Gasteiger partial charge in [0.25, 0.3) is 0 Å². The molecule has 0 spiro atoms. The fourth-order valence-electron chi connectivity index (χ4n) is 3.24. The van der Waals surface area contributed by atoms with Crippen LogP contribution in [0, 0.1) is 11.7 Å². The number of methoxy groups -OCH3 is 1. The Bertz CT molecular complexity index is 771. The summed E-state index contributed by atoms with van der Waals surface area (Å²) in [6, 6.07) is 14.6. The second-order valence-electron chi connectivity index (χ2n) is 6.75. The molecule has 144 valence electrons. The second-order valence-corrected chi connectivity index (χ2v) is 7.80. The van der Waals surface area contributed by atoms with Crippen molar-refractivity contribution in [3.8, 4) is 5.75 Å². The molecule has 2 aromatic carbocycles. The third-order valence-electron chi connectivity index (χ3n) is 4.72. The number of ether oxygens (including phenoxy) is 1. The number of thioether (sulfide) groups is 1. The van der Waals surface area contributed by atoms with Gasteiger partial charge in [0, 0.05) is 30.1 Å². The number of rotatable bonds is 8. The van der Waals surface area contributed by atoms with Crippen molar-refractivity contribution in [3.63, 3.8) is 0 Å². The van der Waals surface area contributed by atoms with Crippen LogP contribution in [0.5, 0.6) is 5.75 Å². The van der Waals surface area contributed by atoms with Gasteiger partial charge in [-0.2, -0.15) is 0 Å². The summed E-state index contributed by atoms with van der Waals surface area (Å²) in [5.74, 6) is 1.49. The number of carbonyl (C=O) groups excluding carboxylic acids is 1. The highest BCUT2D eigenvalue weighted by atomic mass is 32.2. The van der Waals surface area contributed by atoms with Crippen molar-refractivity contribution in [1.82, 2.24) is 10.2 Å². The van der Waals surface area contributed by atoms with Crippen LogP contribution >= 0.6 is 11.8 Å². The lowest BCUT2D eigenvalue weighted by atomic mass is 10.1. The van der Waals surface area contributed by atoms with E-state index in [0.29, 0.717) is 24.8 Å². The zero-order valence-electron chi connectivity index (χ0n) is 15.5. The van der Waals surface area contributed by atoms with Gasteiger partial charge < -0.3 is 10.1 Å². The van der Waals surface area contributed by atoms with Crippen molar-refractivity contribution in [3.05, 3.63) is 59.9 Å². The molecule has 1 amide bonds.